The Balaban J connectivity index is 0.00000289. The number of carbonyl (C=O) groups excluding carboxylic acids is 1. The molecule has 8 heteroatoms. The Morgan fingerprint density at radius 1 is 1.09 bits per heavy atom. The number of guanidine groups is 1. The van der Waals surface area contributed by atoms with E-state index in [1.54, 1.807) is 7.05 Å². The number of nitrogens with one attached hydrogen (secondary N) is 1. The van der Waals surface area contributed by atoms with Crippen molar-refractivity contribution in [2.24, 2.45) is 4.99 Å². The molecule has 1 fully saturated rings. The van der Waals surface area contributed by atoms with Gasteiger partial charge in [0.2, 0.25) is 5.91 Å². The first-order chi connectivity index (χ1) is 15.1. The average Bonchev–Trinajstić information content (AvgIpc) is 3.18. The maximum absolute atomic E-state index is 11.9. The van der Waals surface area contributed by atoms with Gasteiger partial charge >= 0.3 is 0 Å². The summed E-state index contributed by atoms with van der Waals surface area (Å²) in [5.74, 6) is 2.67. The summed E-state index contributed by atoms with van der Waals surface area (Å²) in [6.45, 7) is 4.09. The van der Waals surface area contributed by atoms with Gasteiger partial charge in [-0.05, 0) is 35.2 Å². The van der Waals surface area contributed by atoms with E-state index in [9.17, 15) is 4.79 Å². The molecule has 0 saturated carbocycles. The zero-order valence-corrected chi connectivity index (χ0v) is 21.0. The molecule has 0 bridgehead atoms. The van der Waals surface area contributed by atoms with Crippen LogP contribution >= 0.6 is 24.0 Å². The van der Waals surface area contributed by atoms with Crippen molar-refractivity contribution in [3.63, 3.8) is 0 Å². The van der Waals surface area contributed by atoms with E-state index in [0.29, 0.717) is 39.3 Å². The van der Waals surface area contributed by atoms with Crippen molar-refractivity contribution in [1.29, 1.82) is 0 Å². The molecule has 4 rings (SSSR count). The normalized spacial score (nSPS) is 15.4. The SMILES string of the molecule is CN=C(NCc1cccc(CN2CCCC2=O)c1)N(C)Cc1ccc2c(c1)OCCO2.I. The maximum atomic E-state index is 11.9. The second-order valence-electron chi connectivity index (χ2n) is 7.97. The largest absolute Gasteiger partial charge is 0.486 e. The molecule has 2 heterocycles. The fraction of sp³-hybridized carbons (Fsp3) is 0.417. The number of nitrogens with zero attached hydrogens (tertiary/aromatic N) is 3. The molecule has 0 atom stereocenters. The molecule has 0 aromatic heterocycles. The van der Waals surface area contributed by atoms with E-state index in [0.717, 1.165) is 47.1 Å². The number of rotatable bonds is 6. The van der Waals surface area contributed by atoms with E-state index in [2.05, 4.69) is 45.5 Å². The third kappa shape index (κ3) is 6.05. The molecule has 172 valence electrons. The molecule has 1 N–H and O–H groups in total. The Hall–Kier alpha value is -2.49. The molecule has 1 saturated heterocycles. The van der Waals surface area contributed by atoms with Crippen LogP contribution in [0.3, 0.4) is 0 Å². The molecule has 32 heavy (non-hydrogen) atoms. The molecular formula is C24H31IN4O3. The fourth-order valence-electron chi connectivity index (χ4n) is 4.03. The number of amides is 1. The van der Waals surface area contributed by atoms with Gasteiger partial charge in [-0.25, -0.2) is 0 Å². The third-order valence-corrected chi connectivity index (χ3v) is 5.59. The first-order valence-corrected chi connectivity index (χ1v) is 10.8. The fourth-order valence-corrected chi connectivity index (χ4v) is 4.03. The van der Waals surface area contributed by atoms with Crippen LogP contribution in [0.25, 0.3) is 0 Å². The second kappa shape index (κ2) is 11.4. The van der Waals surface area contributed by atoms with Crippen LogP contribution in [-0.4, -0.2) is 55.5 Å². The van der Waals surface area contributed by atoms with Crippen molar-refractivity contribution in [2.75, 3.05) is 33.9 Å². The maximum Gasteiger partial charge on any atom is 0.222 e. The Morgan fingerprint density at radius 2 is 1.88 bits per heavy atom. The predicted molar refractivity (Wildman–Crippen MR) is 136 cm³/mol. The highest BCUT2D eigenvalue weighted by Gasteiger charge is 2.20. The minimum atomic E-state index is 0. The highest BCUT2D eigenvalue weighted by atomic mass is 127. The van der Waals surface area contributed by atoms with Crippen LogP contribution in [-0.2, 0) is 24.4 Å². The Kier molecular flexibility index (Phi) is 8.60. The molecular weight excluding hydrogens is 519 g/mol. The van der Waals surface area contributed by atoms with Gasteiger partial charge in [0.1, 0.15) is 13.2 Å². The Labute approximate surface area is 206 Å². The standard InChI is InChI=1S/C24H30N4O3.HI/c1-25-24(27(2)16-20-8-9-21-22(14-20)31-12-11-30-21)26-15-18-5-3-6-19(13-18)17-28-10-4-7-23(28)29;/h3,5-6,8-9,13-14H,4,7,10-12,15-17H2,1-2H3,(H,25,26);1H. The van der Waals surface area contributed by atoms with Gasteiger partial charge in [-0.2, -0.15) is 0 Å². The average molecular weight is 550 g/mol. The number of hydrogen-bond donors (Lipinski definition) is 1. The van der Waals surface area contributed by atoms with Crippen LogP contribution in [0.2, 0.25) is 0 Å². The first-order valence-electron chi connectivity index (χ1n) is 10.8. The second-order valence-corrected chi connectivity index (χ2v) is 7.97. The van der Waals surface area contributed by atoms with E-state index in [-0.39, 0.29) is 29.9 Å². The molecule has 0 aliphatic carbocycles. The van der Waals surface area contributed by atoms with Gasteiger partial charge in [0.15, 0.2) is 17.5 Å². The molecule has 0 radical (unpaired) electrons. The van der Waals surface area contributed by atoms with Crippen molar-refractivity contribution in [3.05, 3.63) is 59.2 Å². The summed E-state index contributed by atoms with van der Waals surface area (Å²) in [5.41, 5.74) is 3.46. The summed E-state index contributed by atoms with van der Waals surface area (Å²) in [4.78, 5) is 20.3. The van der Waals surface area contributed by atoms with Crippen LogP contribution in [0.5, 0.6) is 11.5 Å². The molecule has 2 aliphatic rings. The number of ether oxygens (including phenoxy) is 2. The first kappa shape index (κ1) is 24.2. The van der Waals surface area contributed by atoms with Gasteiger partial charge in [-0.15, -0.1) is 24.0 Å². The summed E-state index contributed by atoms with van der Waals surface area (Å²) in [6.07, 6.45) is 1.64. The number of halogens is 1. The van der Waals surface area contributed by atoms with E-state index in [1.807, 2.05) is 24.1 Å². The number of fused-ring (bicyclic) bond motifs is 1. The lowest BCUT2D eigenvalue weighted by Gasteiger charge is -2.24. The Morgan fingerprint density at radius 3 is 2.62 bits per heavy atom. The number of benzene rings is 2. The summed E-state index contributed by atoms with van der Waals surface area (Å²) >= 11 is 0. The van der Waals surface area contributed by atoms with Gasteiger partial charge in [0.25, 0.3) is 0 Å². The molecule has 7 nitrogen and oxygen atoms in total. The number of carbonyl (C=O) groups is 1. The topological polar surface area (TPSA) is 66.4 Å². The van der Waals surface area contributed by atoms with Crippen molar-refractivity contribution in [2.45, 2.75) is 32.5 Å². The zero-order valence-electron chi connectivity index (χ0n) is 18.7. The number of hydrogen-bond acceptors (Lipinski definition) is 4. The van der Waals surface area contributed by atoms with E-state index in [4.69, 9.17) is 9.47 Å². The molecule has 1 amide bonds. The highest BCUT2D eigenvalue weighted by molar-refractivity contribution is 14.0. The molecule has 0 unspecified atom stereocenters. The van der Waals surface area contributed by atoms with Crippen LogP contribution in [0.4, 0.5) is 0 Å². The van der Waals surface area contributed by atoms with Gasteiger partial charge < -0.3 is 24.6 Å². The van der Waals surface area contributed by atoms with Gasteiger partial charge in [0.05, 0.1) is 0 Å². The van der Waals surface area contributed by atoms with Crippen LogP contribution in [0.15, 0.2) is 47.5 Å². The van der Waals surface area contributed by atoms with Gasteiger partial charge in [-0.1, -0.05) is 30.3 Å². The lowest BCUT2D eigenvalue weighted by Crippen LogP contribution is -2.38. The lowest BCUT2D eigenvalue weighted by molar-refractivity contribution is -0.128. The van der Waals surface area contributed by atoms with Gasteiger partial charge in [-0.3, -0.25) is 9.79 Å². The molecule has 2 aliphatic heterocycles. The summed E-state index contributed by atoms with van der Waals surface area (Å²) in [6, 6.07) is 14.4. The van der Waals surface area contributed by atoms with Crippen molar-refractivity contribution < 1.29 is 14.3 Å². The smallest absolute Gasteiger partial charge is 0.222 e. The minimum Gasteiger partial charge on any atom is -0.486 e. The third-order valence-electron chi connectivity index (χ3n) is 5.59. The summed E-state index contributed by atoms with van der Waals surface area (Å²) < 4.78 is 11.3. The molecule has 2 aromatic carbocycles. The monoisotopic (exact) mass is 550 g/mol. The molecule has 0 spiro atoms. The van der Waals surface area contributed by atoms with Crippen molar-refractivity contribution in [1.82, 2.24) is 15.1 Å². The summed E-state index contributed by atoms with van der Waals surface area (Å²) in [7, 11) is 3.81. The van der Waals surface area contributed by atoms with Crippen LogP contribution < -0.4 is 14.8 Å². The van der Waals surface area contributed by atoms with E-state index in [1.165, 1.54) is 0 Å². The highest BCUT2D eigenvalue weighted by Crippen LogP contribution is 2.31. The zero-order chi connectivity index (χ0) is 21.6. The number of likely N-dealkylation sites (tertiary alicyclic amines) is 1. The lowest BCUT2D eigenvalue weighted by atomic mass is 10.1. The summed E-state index contributed by atoms with van der Waals surface area (Å²) in [5, 5.41) is 3.44. The van der Waals surface area contributed by atoms with Crippen molar-refractivity contribution >= 4 is 35.8 Å². The van der Waals surface area contributed by atoms with E-state index < -0.39 is 0 Å². The van der Waals surface area contributed by atoms with Crippen molar-refractivity contribution in [3.8, 4) is 11.5 Å². The Bertz CT molecular complexity index is 966. The quantitative estimate of drug-likeness (QED) is 0.340. The van der Waals surface area contributed by atoms with Gasteiger partial charge in [0, 0.05) is 46.7 Å². The number of aliphatic imine (C=N–C) groups is 1. The molecule has 2 aromatic rings. The minimum absolute atomic E-state index is 0. The van der Waals surface area contributed by atoms with Crippen LogP contribution in [0, 0.1) is 0 Å². The van der Waals surface area contributed by atoms with Crippen LogP contribution in [0.1, 0.15) is 29.5 Å². The van der Waals surface area contributed by atoms with E-state index >= 15 is 0 Å². The predicted octanol–water partition coefficient (Wildman–Crippen LogP) is 3.41.